The van der Waals surface area contributed by atoms with Crippen molar-refractivity contribution in [1.29, 1.82) is 5.26 Å². The zero-order valence-electron chi connectivity index (χ0n) is 13.9. The van der Waals surface area contributed by atoms with Crippen molar-refractivity contribution in [3.8, 4) is 6.07 Å². The van der Waals surface area contributed by atoms with Gasteiger partial charge in [0.05, 0.1) is 6.07 Å². The molecule has 0 aromatic rings. The smallest absolute Gasteiger partial charge is 0.0655 e. The van der Waals surface area contributed by atoms with E-state index in [1.807, 2.05) is 0 Å². The van der Waals surface area contributed by atoms with Crippen molar-refractivity contribution in [2.45, 2.75) is 77.6 Å². The van der Waals surface area contributed by atoms with Crippen molar-refractivity contribution < 1.29 is 4.74 Å². The zero-order valence-corrected chi connectivity index (χ0v) is 13.9. The molecule has 0 aromatic carbocycles. The first kappa shape index (κ1) is 16.8. The number of hydrogen-bond donors (Lipinski definition) is 0. The van der Waals surface area contributed by atoms with E-state index in [9.17, 15) is 0 Å². The Morgan fingerprint density at radius 3 is 2.10 bits per heavy atom. The lowest BCUT2D eigenvalue weighted by molar-refractivity contribution is 0.0641. The highest BCUT2D eigenvalue weighted by Crippen LogP contribution is 2.41. The second-order valence-corrected chi connectivity index (χ2v) is 7.30. The Morgan fingerprint density at radius 1 is 0.905 bits per heavy atom. The fourth-order valence-corrected chi connectivity index (χ4v) is 4.25. The molecule has 2 rings (SSSR count). The maximum absolute atomic E-state index is 8.99. The van der Waals surface area contributed by atoms with Crippen molar-refractivity contribution >= 4 is 0 Å². The predicted octanol–water partition coefficient (Wildman–Crippen LogP) is 5.33. The minimum Gasteiger partial charge on any atom is -0.381 e. The maximum Gasteiger partial charge on any atom is 0.0655 e. The van der Waals surface area contributed by atoms with E-state index in [0.717, 1.165) is 43.8 Å². The van der Waals surface area contributed by atoms with Gasteiger partial charge in [-0.1, -0.05) is 19.8 Å². The lowest BCUT2D eigenvalue weighted by Crippen LogP contribution is -2.27. The molecule has 0 saturated heterocycles. The molecule has 2 heteroatoms. The summed E-state index contributed by atoms with van der Waals surface area (Å²) in [5.41, 5.74) is 0. The average Bonchev–Trinajstić information content (AvgIpc) is 2.55. The standard InChI is InChI=1S/C19H33NO/c1-2-3-4-13-21-15-17-7-11-19(12-8-17)18-9-5-16(14-20)6-10-18/h16-19H,2-13,15H2,1H3. The first-order chi connectivity index (χ1) is 10.3. The van der Waals surface area contributed by atoms with Gasteiger partial charge >= 0.3 is 0 Å². The van der Waals surface area contributed by atoms with Crippen LogP contribution in [0.1, 0.15) is 77.6 Å². The Bertz CT molecular complexity index is 306. The molecule has 2 aliphatic carbocycles. The third-order valence-electron chi connectivity index (χ3n) is 5.76. The SMILES string of the molecule is CCCCCOCC1CCC(C2CCC(C#N)CC2)CC1. The highest BCUT2D eigenvalue weighted by atomic mass is 16.5. The Morgan fingerprint density at radius 2 is 1.52 bits per heavy atom. The molecule has 0 unspecified atom stereocenters. The van der Waals surface area contributed by atoms with E-state index in [1.54, 1.807) is 0 Å². The number of nitrogens with zero attached hydrogens (tertiary/aromatic N) is 1. The molecule has 0 bridgehead atoms. The third kappa shape index (κ3) is 5.62. The van der Waals surface area contributed by atoms with Gasteiger partial charge in [-0.15, -0.1) is 0 Å². The molecular weight excluding hydrogens is 258 g/mol. The Kier molecular flexibility index (Phi) is 7.58. The van der Waals surface area contributed by atoms with Gasteiger partial charge < -0.3 is 4.74 Å². The fourth-order valence-electron chi connectivity index (χ4n) is 4.25. The van der Waals surface area contributed by atoms with E-state index in [1.165, 1.54) is 57.8 Å². The molecule has 2 nitrogen and oxygen atoms in total. The van der Waals surface area contributed by atoms with Gasteiger partial charge in [0.1, 0.15) is 0 Å². The van der Waals surface area contributed by atoms with Crippen LogP contribution < -0.4 is 0 Å². The van der Waals surface area contributed by atoms with Crippen molar-refractivity contribution in [1.82, 2.24) is 0 Å². The highest BCUT2D eigenvalue weighted by Gasteiger charge is 2.30. The predicted molar refractivity (Wildman–Crippen MR) is 86.9 cm³/mol. The van der Waals surface area contributed by atoms with Crippen LogP contribution in [0, 0.1) is 35.0 Å². The number of rotatable bonds is 7. The monoisotopic (exact) mass is 291 g/mol. The van der Waals surface area contributed by atoms with Gasteiger partial charge in [0.25, 0.3) is 0 Å². The van der Waals surface area contributed by atoms with Crippen LogP contribution in [0.4, 0.5) is 0 Å². The summed E-state index contributed by atoms with van der Waals surface area (Å²) in [5.74, 6) is 3.04. The molecule has 2 saturated carbocycles. The number of ether oxygens (including phenoxy) is 1. The largest absolute Gasteiger partial charge is 0.381 e. The molecule has 0 atom stereocenters. The van der Waals surface area contributed by atoms with Crippen molar-refractivity contribution in [2.24, 2.45) is 23.7 Å². The van der Waals surface area contributed by atoms with Crippen LogP contribution in [0.25, 0.3) is 0 Å². The normalized spacial score (nSPS) is 33.5. The zero-order chi connectivity index (χ0) is 14.9. The third-order valence-corrected chi connectivity index (χ3v) is 5.76. The van der Waals surface area contributed by atoms with Gasteiger partial charge in [-0.3, -0.25) is 0 Å². The summed E-state index contributed by atoms with van der Waals surface area (Å²) in [6.07, 6.45) is 14.3. The first-order valence-electron chi connectivity index (χ1n) is 9.30. The molecule has 0 aromatic heterocycles. The molecule has 2 fully saturated rings. The summed E-state index contributed by atoms with van der Waals surface area (Å²) in [7, 11) is 0. The topological polar surface area (TPSA) is 33.0 Å². The fraction of sp³-hybridized carbons (Fsp3) is 0.947. The quantitative estimate of drug-likeness (QED) is 0.594. The second kappa shape index (κ2) is 9.46. The summed E-state index contributed by atoms with van der Waals surface area (Å²) in [6, 6.07) is 2.46. The van der Waals surface area contributed by atoms with Crippen molar-refractivity contribution in [2.75, 3.05) is 13.2 Å². The summed E-state index contributed by atoms with van der Waals surface area (Å²) in [4.78, 5) is 0. The molecule has 0 spiro atoms. The van der Waals surface area contributed by atoms with Crippen molar-refractivity contribution in [3.05, 3.63) is 0 Å². The minimum absolute atomic E-state index is 0.356. The molecule has 0 aliphatic heterocycles. The summed E-state index contributed by atoms with van der Waals surface area (Å²) in [5, 5.41) is 8.99. The maximum atomic E-state index is 8.99. The number of unbranched alkanes of at least 4 members (excludes halogenated alkanes) is 2. The van der Waals surface area contributed by atoms with Crippen LogP contribution in [0.2, 0.25) is 0 Å². The van der Waals surface area contributed by atoms with E-state index >= 15 is 0 Å². The van der Waals surface area contributed by atoms with Gasteiger partial charge in [-0.2, -0.15) is 5.26 Å². The second-order valence-electron chi connectivity index (χ2n) is 7.30. The Labute approximate surface area is 131 Å². The molecule has 0 amide bonds. The van der Waals surface area contributed by atoms with Gasteiger partial charge in [-0.05, 0) is 75.5 Å². The molecule has 0 radical (unpaired) electrons. The van der Waals surface area contributed by atoms with Gasteiger partial charge in [0, 0.05) is 19.1 Å². The lowest BCUT2D eigenvalue weighted by atomic mass is 9.69. The summed E-state index contributed by atoms with van der Waals surface area (Å²) in [6.45, 7) is 4.20. The number of nitriles is 1. The number of hydrogen-bond acceptors (Lipinski definition) is 2. The van der Waals surface area contributed by atoms with E-state index in [2.05, 4.69) is 13.0 Å². The molecule has 21 heavy (non-hydrogen) atoms. The van der Waals surface area contributed by atoms with Gasteiger partial charge in [0.15, 0.2) is 0 Å². The molecule has 0 N–H and O–H groups in total. The van der Waals surface area contributed by atoms with E-state index in [0.29, 0.717) is 5.92 Å². The molecule has 2 aliphatic rings. The Balaban J connectivity index is 1.57. The average molecular weight is 291 g/mol. The van der Waals surface area contributed by atoms with Gasteiger partial charge in [-0.25, -0.2) is 0 Å². The summed E-state index contributed by atoms with van der Waals surface area (Å²) >= 11 is 0. The van der Waals surface area contributed by atoms with E-state index in [-0.39, 0.29) is 0 Å². The van der Waals surface area contributed by atoms with Crippen LogP contribution >= 0.6 is 0 Å². The van der Waals surface area contributed by atoms with E-state index in [4.69, 9.17) is 10.00 Å². The van der Waals surface area contributed by atoms with Crippen LogP contribution in [-0.4, -0.2) is 13.2 Å². The highest BCUT2D eigenvalue weighted by molar-refractivity contribution is 4.89. The van der Waals surface area contributed by atoms with Crippen LogP contribution in [-0.2, 0) is 4.74 Å². The van der Waals surface area contributed by atoms with Crippen LogP contribution in [0.5, 0.6) is 0 Å². The van der Waals surface area contributed by atoms with E-state index < -0.39 is 0 Å². The minimum atomic E-state index is 0.356. The Hall–Kier alpha value is -0.550. The molecule has 0 heterocycles. The van der Waals surface area contributed by atoms with Crippen molar-refractivity contribution in [3.63, 3.8) is 0 Å². The summed E-state index contributed by atoms with van der Waals surface area (Å²) < 4.78 is 5.85. The lowest BCUT2D eigenvalue weighted by Gasteiger charge is -2.36. The van der Waals surface area contributed by atoms with Crippen LogP contribution in [0.15, 0.2) is 0 Å². The van der Waals surface area contributed by atoms with Crippen LogP contribution in [0.3, 0.4) is 0 Å². The first-order valence-corrected chi connectivity index (χ1v) is 9.30. The molecule has 120 valence electrons. The van der Waals surface area contributed by atoms with Gasteiger partial charge in [0.2, 0.25) is 0 Å². The molecular formula is C19H33NO.